The van der Waals surface area contributed by atoms with Gasteiger partial charge < -0.3 is 15.1 Å². The Bertz CT molecular complexity index is 584. The number of H-pyrrole nitrogens is 2. The fourth-order valence-electron chi connectivity index (χ4n) is 1.33. The Morgan fingerprint density at radius 1 is 1.27 bits per heavy atom. The Balaban J connectivity index is 2.39. The van der Waals surface area contributed by atoms with Crippen LogP contribution in [0.25, 0.3) is 11.0 Å². The van der Waals surface area contributed by atoms with E-state index in [4.69, 9.17) is 5.11 Å². The third-order valence-electron chi connectivity index (χ3n) is 1.99. The molecule has 1 aromatic heterocycles. The van der Waals surface area contributed by atoms with Crippen LogP contribution in [0.4, 0.5) is 0 Å². The molecule has 0 amide bonds. The van der Waals surface area contributed by atoms with Gasteiger partial charge in [-0.25, -0.2) is 4.79 Å². The molecule has 0 unspecified atom stereocenters. The second kappa shape index (κ2) is 4.03. The van der Waals surface area contributed by atoms with Gasteiger partial charge in [0.15, 0.2) is 0 Å². The predicted octanol–water partition coefficient (Wildman–Crippen LogP) is 0.590. The number of hydrogen-bond donors (Lipinski definition) is 3. The molecule has 2 aromatic rings. The van der Waals surface area contributed by atoms with Crippen LogP contribution in [0.3, 0.4) is 0 Å². The Labute approximate surface area is 86.0 Å². The van der Waals surface area contributed by atoms with Gasteiger partial charge in [0, 0.05) is 12.0 Å². The van der Waals surface area contributed by atoms with E-state index in [1.807, 2.05) is 6.07 Å². The molecule has 0 radical (unpaired) electrons. The van der Waals surface area contributed by atoms with Crippen molar-refractivity contribution in [2.45, 2.75) is 6.42 Å². The molecule has 0 bridgehead atoms. The maximum atomic E-state index is 11.0. The number of aliphatic hydroxyl groups excluding tert-OH is 1. The van der Waals surface area contributed by atoms with E-state index in [1.54, 1.807) is 12.1 Å². The SMILES string of the molecule is O=c1[nH]c2ccc(C#CCCO)cc2[nH]1. The van der Waals surface area contributed by atoms with Gasteiger partial charge in [-0.05, 0) is 18.2 Å². The molecule has 2 rings (SSSR count). The molecule has 1 heterocycles. The number of aliphatic hydroxyl groups is 1. The van der Waals surface area contributed by atoms with Crippen LogP contribution in [0.1, 0.15) is 12.0 Å². The van der Waals surface area contributed by atoms with Gasteiger partial charge in [0.05, 0.1) is 17.6 Å². The average molecular weight is 202 g/mol. The highest BCUT2D eigenvalue weighted by molar-refractivity contribution is 5.76. The van der Waals surface area contributed by atoms with Gasteiger partial charge in [-0.2, -0.15) is 0 Å². The Kier molecular flexibility index (Phi) is 2.57. The third-order valence-corrected chi connectivity index (χ3v) is 1.99. The van der Waals surface area contributed by atoms with Crippen molar-refractivity contribution in [3.8, 4) is 11.8 Å². The Morgan fingerprint density at radius 3 is 2.87 bits per heavy atom. The highest BCUT2D eigenvalue weighted by Gasteiger charge is 1.97. The lowest BCUT2D eigenvalue weighted by molar-refractivity contribution is 0.305. The molecule has 1 aromatic carbocycles. The molecule has 15 heavy (non-hydrogen) atoms. The van der Waals surface area contributed by atoms with E-state index in [0.717, 1.165) is 16.6 Å². The summed E-state index contributed by atoms with van der Waals surface area (Å²) in [6.45, 7) is 0.0657. The highest BCUT2D eigenvalue weighted by atomic mass is 16.2. The number of rotatable bonds is 1. The Hall–Kier alpha value is -1.99. The van der Waals surface area contributed by atoms with Gasteiger partial charge in [0.25, 0.3) is 0 Å². The molecule has 0 aliphatic heterocycles. The molecular formula is C11H10N2O2. The minimum atomic E-state index is -0.217. The summed E-state index contributed by atoms with van der Waals surface area (Å²) in [7, 11) is 0. The van der Waals surface area contributed by atoms with Crippen LogP contribution >= 0.6 is 0 Å². The van der Waals surface area contributed by atoms with E-state index in [2.05, 4.69) is 21.8 Å². The van der Waals surface area contributed by atoms with Crippen LogP contribution < -0.4 is 5.69 Å². The zero-order chi connectivity index (χ0) is 10.7. The summed E-state index contributed by atoms with van der Waals surface area (Å²) < 4.78 is 0. The van der Waals surface area contributed by atoms with Crippen LogP contribution in [0, 0.1) is 11.8 Å². The van der Waals surface area contributed by atoms with Crippen molar-refractivity contribution >= 4 is 11.0 Å². The molecule has 0 atom stereocenters. The fraction of sp³-hybridized carbons (Fsp3) is 0.182. The second-order valence-electron chi connectivity index (χ2n) is 3.11. The third kappa shape index (κ3) is 2.09. The molecular weight excluding hydrogens is 192 g/mol. The van der Waals surface area contributed by atoms with Crippen molar-refractivity contribution in [1.82, 2.24) is 9.97 Å². The Morgan fingerprint density at radius 2 is 2.07 bits per heavy atom. The van der Waals surface area contributed by atoms with Gasteiger partial charge in [0.2, 0.25) is 0 Å². The van der Waals surface area contributed by atoms with Crippen molar-refractivity contribution in [2.24, 2.45) is 0 Å². The van der Waals surface area contributed by atoms with E-state index in [-0.39, 0.29) is 12.3 Å². The van der Waals surface area contributed by atoms with Crippen molar-refractivity contribution in [3.05, 3.63) is 34.2 Å². The number of benzene rings is 1. The van der Waals surface area contributed by atoms with E-state index < -0.39 is 0 Å². The first-order valence-corrected chi connectivity index (χ1v) is 4.61. The summed E-state index contributed by atoms with van der Waals surface area (Å²) in [6, 6.07) is 5.43. The second-order valence-corrected chi connectivity index (χ2v) is 3.11. The minimum absolute atomic E-state index is 0.0657. The first-order chi connectivity index (χ1) is 7.29. The van der Waals surface area contributed by atoms with Gasteiger partial charge in [0.1, 0.15) is 0 Å². The topological polar surface area (TPSA) is 68.9 Å². The molecule has 0 saturated heterocycles. The number of hydrogen-bond acceptors (Lipinski definition) is 2. The van der Waals surface area contributed by atoms with Crippen LogP contribution in [-0.4, -0.2) is 21.7 Å². The summed E-state index contributed by atoms with van der Waals surface area (Å²) in [5.41, 5.74) is 2.13. The number of aromatic nitrogens is 2. The summed E-state index contributed by atoms with van der Waals surface area (Å²) in [4.78, 5) is 16.3. The van der Waals surface area contributed by atoms with Gasteiger partial charge >= 0.3 is 5.69 Å². The zero-order valence-corrected chi connectivity index (χ0v) is 8.00. The lowest BCUT2D eigenvalue weighted by Gasteiger charge is -1.90. The quantitative estimate of drug-likeness (QED) is 0.592. The van der Waals surface area contributed by atoms with Crippen LogP contribution in [0.5, 0.6) is 0 Å². The monoisotopic (exact) mass is 202 g/mol. The van der Waals surface area contributed by atoms with E-state index >= 15 is 0 Å². The molecule has 0 spiro atoms. The number of imidazole rings is 1. The van der Waals surface area contributed by atoms with E-state index in [0.29, 0.717) is 6.42 Å². The first kappa shape index (κ1) is 9.56. The zero-order valence-electron chi connectivity index (χ0n) is 8.00. The van der Waals surface area contributed by atoms with Crippen molar-refractivity contribution < 1.29 is 5.11 Å². The maximum absolute atomic E-state index is 11.0. The molecule has 0 fully saturated rings. The summed E-state index contributed by atoms with van der Waals surface area (Å²) >= 11 is 0. The molecule has 0 saturated carbocycles. The maximum Gasteiger partial charge on any atom is 0.323 e. The van der Waals surface area contributed by atoms with Crippen molar-refractivity contribution in [1.29, 1.82) is 0 Å². The molecule has 0 aliphatic rings. The normalized spacial score (nSPS) is 9.93. The first-order valence-electron chi connectivity index (χ1n) is 4.61. The van der Waals surface area contributed by atoms with Gasteiger partial charge in [-0.15, -0.1) is 0 Å². The van der Waals surface area contributed by atoms with Crippen molar-refractivity contribution in [3.63, 3.8) is 0 Å². The van der Waals surface area contributed by atoms with E-state index in [9.17, 15) is 4.79 Å². The summed E-state index contributed by atoms with van der Waals surface area (Å²) in [5.74, 6) is 5.72. The standard InChI is InChI=1S/C11H10N2O2/c14-6-2-1-3-8-4-5-9-10(7-8)13-11(15)12-9/h4-5,7,14H,2,6H2,(H2,12,13,15). The van der Waals surface area contributed by atoms with Gasteiger partial charge in [-0.1, -0.05) is 11.8 Å². The largest absolute Gasteiger partial charge is 0.395 e. The molecule has 4 nitrogen and oxygen atoms in total. The number of fused-ring (bicyclic) bond motifs is 1. The lowest BCUT2D eigenvalue weighted by Crippen LogP contribution is -1.99. The summed E-state index contributed by atoms with van der Waals surface area (Å²) in [6.07, 6.45) is 0.460. The lowest BCUT2D eigenvalue weighted by atomic mass is 10.2. The van der Waals surface area contributed by atoms with Crippen LogP contribution in [0.15, 0.2) is 23.0 Å². The smallest absolute Gasteiger partial charge is 0.323 e. The van der Waals surface area contributed by atoms with Crippen molar-refractivity contribution in [2.75, 3.05) is 6.61 Å². The average Bonchev–Trinajstić information content (AvgIpc) is 2.57. The molecule has 76 valence electrons. The molecule has 4 heteroatoms. The minimum Gasteiger partial charge on any atom is -0.395 e. The van der Waals surface area contributed by atoms with Crippen LogP contribution in [0.2, 0.25) is 0 Å². The molecule has 3 N–H and O–H groups in total. The predicted molar refractivity (Wildman–Crippen MR) is 57.5 cm³/mol. The van der Waals surface area contributed by atoms with E-state index in [1.165, 1.54) is 0 Å². The fourth-order valence-corrected chi connectivity index (χ4v) is 1.33. The number of nitrogens with one attached hydrogen (secondary N) is 2. The highest BCUT2D eigenvalue weighted by Crippen LogP contribution is 2.08. The summed E-state index contributed by atoms with van der Waals surface area (Å²) in [5, 5.41) is 8.56. The van der Waals surface area contributed by atoms with Crippen LogP contribution in [-0.2, 0) is 0 Å². The number of aromatic amines is 2. The molecule has 0 aliphatic carbocycles. The van der Waals surface area contributed by atoms with Gasteiger partial charge in [-0.3, -0.25) is 0 Å².